The molecule has 5 nitrogen and oxygen atoms in total. The number of methoxy groups -OCH3 is 1. The third kappa shape index (κ3) is 3.00. The van der Waals surface area contributed by atoms with Crippen LogP contribution in [-0.2, 0) is 7.05 Å². The Kier molecular flexibility index (Phi) is 3.97. The second-order valence-electron chi connectivity index (χ2n) is 3.80. The molecule has 2 rings (SSSR count). The van der Waals surface area contributed by atoms with Crippen molar-refractivity contribution in [1.29, 1.82) is 0 Å². The third-order valence-electron chi connectivity index (χ3n) is 2.42. The number of aryl methyl sites for hydroxylation is 1. The maximum Gasteiger partial charge on any atom is 0.256 e. The number of hydrogen-bond acceptors (Lipinski definition) is 3. The van der Waals surface area contributed by atoms with E-state index in [2.05, 4.69) is 10.4 Å². The molecule has 1 N–H and O–H groups in total. The summed E-state index contributed by atoms with van der Waals surface area (Å²) in [5.74, 6) is 0.457. The average Bonchev–Trinajstić information content (AvgIpc) is 2.74. The number of carbonyl (C=O) groups is 1. The minimum atomic E-state index is -0.342. The summed E-state index contributed by atoms with van der Waals surface area (Å²) in [4.78, 5) is 12.0. The molecule has 0 unspecified atom stereocenters. The van der Waals surface area contributed by atoms with Crippen molar-refractivity contribution in [2.24, 2.45) is 7.05 Å². The number of anilines is 1. The van der Waals surface area contributed by atoms with E-state index in [4.69, 9.17) is 27.9 Å². The van der Waals surface area contributed by atoms with Crippen LogP contribution in [0, 0.1) is 0 Å². The van der Waals surface area contributed by atoms with Gasteiger partial charge in [0.2, 0.25) is 0 Å². The molecule has 1 amide bonds. The highest BCUT2D eigenvalue weighted by Crippen LogP contribution is 2.33. The monoisotopic (exact) mass is 299 g/mol. The summed E-state index contributed by atoms with van der Waals surface area (Å²) in [5.41, 5.74) is 0.335. The SMILES string of the molecule is COc1c(Cl)cc(C(=O)Nc2ccn(C)n2)cc1Cl. The van der Waals surface area contributed by atoms with Gasteiger partial charge in [-0.1, -0.05) is 23.2 Å². The summed E-state index contributed by atoms with van der Waals surface area (Å²) in [6.07, 6.45) is 1.73. The summed E-state index contributed by atoms with van der Waals surface area (Å²) in [6, 6.07) is 4.67. The van der Waals surface area contributed by atoms with Crippen molar-refractivity contribution < 1.29 is 9.53 Å². The molecule has 0 aliphatic carbocycles. The van der Waals surface area contributed by atoms with Crippen molar-refractivity contribution in [3.05, 3.63) is 40.0 Å². The molecule has 0 radical (unpaired) electrons. The second kappa shape index (κ2) is 5.50. The average molecular weight is 300 g/mol. The van der Waals surface area contributed by atoms with Gasteiger partial charge in [0, 0.05) is 24.9 Å². The van der Waals surface area contributed by atoms with E-state index in [0.717, 1.165) is 0 Å². The van der Waals surface area contributed by atoms with Gasteiger partial charge in [-0.15, -0.1) is 0 Å². The molecule has 0 bridgehead atoms. The van der Waals surface area contributed by atoms with Crippen molar-refractivity contribution in [2.45, 2.75) is 0 Å². The normalized spacial score (nSPS) is 10.3. The minimum absolute atomic E-state index is 0.279. The fourth-order valence-corrected chi connectivity index (χ4v) is 2.20. The molecule has 19 heavy (non-hydrogen) atoms. The Hall–Kier alpha value is -1.72. The number of halogens is 2. The van der Waals surface area contributed by atoms with Gasteiger partial charge in [-0.3, -0.25) is 9.48 Å². The Labute approximate surface area is 120 Å². The molecule has 7 heteroatoms. The quantitative estimate of drug-likeness (QED) is 0.948. The lowest BCUT2D eigenvalue weighted by Gasteiger charge is -2.08. The molecule has 2 aromatic rings. The van der Waals surface area contributed by atoms with Gasteiger partial charge in [-0.25, -0.2) is 0 Å². The van der Waals surface area contributed by atoms with E-state index in [-0.39, 0.29) is 16.0 Å². The van der Waals surface area contributed by atoms with E-state index >= 15 is 0 Å². The molecule has 0 atom stereocenters. The van der Waals surface area contributed by atoms with E-state index in [0.29, 0.717) is 17.1 Å². The number of aromatic nitrogens is 2. The first kappa shape index (κ1) is 13.7. The lowest BCUT2D eigenvalue weighted by Crippen LogP contribution is -2.12. The van der Waals surface area contributed by atoms with E-state index in [1.807, 2.05) is 0 Å². The molecule has 0 fully saturated rings. The van der Waals surface area contributed by atoms with Gasteiger partial charge in [0.15, 0.2) is 11.6 Å². The number of rotatable bonds is 3. The maximum absolute atomic E-state index is 12.0. The van der Waals surface area contributed by atoms with Gasteiger partial charge in [0.1, 0.15) is 0 Å². The first-order chi connectivity index (χ1) is 9.01. The van der Waals surface area contributed by atoms with Crippen molar-refractivity contribution in [2.75, 3.05) is 12.4 Å². The van der Waals surface area contributed by atoms with Crippen LogP contribution in [0.5, 0.6) is 5.75 Å². The molecule has 1 aromatic carbocycles. The molecule has 0 spiro atoms. The molecule has 0 saturated carbocycles. The van der Waals surface area contributed by atoms with Crippen LogP contribution in [-0.4, -0.2) is 22.8 Å². The van der Waals surface area contributed by atoms with Gasteiger partial charge in [0.05, 0.1) is 17.2 Å². The van der Waals surface area contributed by atoms with Crippen LogP contribution in [0.2, 0.25) is 10.0 Å². The predicted octanol–water partition coefficient (Wildman–Crippen LogP) is 2.99. The Morgan fingerprint density at radius 1 is 1.37 bits per heavy atom. The standard InChI is InChI=1S/C12H11Cl2N3O2/c1-17-4-3-10(16-17)15-12(18)7-5-8(13)11(19-2)9(14)6-7/h3-6H,1-2H3,(H,15,16,18). The third-order valence-corrected chi connectivity index (χ3v) is 2.98. The molecule has 0 saturated heterocycles. The topological polar surface area (TPSA) is 56.1 Å². The zero-order chi connectivity index (χ0) is 14.0. The van der Waals surface area contributed by atoms with E-state index in [1.54, 1.807) is 24.0 Å². The largest absolute Gasteiger partial charge is 0.494 e. The summed E-state index contributed by atoms with van der Waals surface area (Å²) in [7, 11) is 3.22. The fraction of sp³-hybridized carbons (Fsp3) is 0.167. The fourth-order valence-electron chi connectivity index (χ4n) is 1.56. The summed E-state index contributed by atoms with van der Waals surface area (Å²) in [6.45, 7) is 0. The molecule has 1 aromatic heterocycles. The van der Waals surface area contributed by atoms with Gasteiger partial charge in [0.25, 0.3) is 5.91 Å². The molecule has 0 aliphatic rings. The van der Waals surface area contributed by atoms with Crippen molar-refractivity contribution in [1.82, 2.24) is 9.78 Å². The van der Waals surface area contributed by atoms with E-state index < -0.39 is 0 Å². The minimum Gasteiger partial charge on any atom is -0.494 e. The summed E-state index contributed by atoms with van der Waals surface area (Å²) < 4.78 is 6.61. The summed E-state index contributed by atoms with van der Waals surface area (Å²) >= 11 is 12.0. The number of nitrogens with one attached hydrogen (secondary N) is 1. The van der Waals surface area contributed by atoms with Crippen molar-refractivity contribution in [3.63, 3.8) is 0 Å². The van der Waals surface area contributed by atoms with Crippen LogP contribution >= 0.6 is 23.2 Å². The van der Waals surface area contributed by atoms with Crippen molar-refractivity contribution in [3.8, 4) is 5.75 Å². The molecule has 100 valence electrons. The maximum atomic E-state index is 12.0. The Bertz CT molecular complexity index is 602. The van der Waals surface area contributed by atoms with Gasteiger partial charge in [-0.05, 0) is 12.1 Å². The predicted molar refractivity (Wildman–Crippen MR) is 74.2 cm³/mol. The zero-order valence-corrected chi connectivity index (χ0v) is 11.8. The smallest absolute Gasteiger partial charge is 0.256 e. The molecular formula is C12H11Cl2N3O2. The van der Waals surface area contributed by atoms with Crippen LogP contribution in [0.4, 0.5) is 5.82 Å². The molecular weight excluding hydrogens is 289 g/mol. The highest BCUT2D eigenvalue weighted by atomic mass is 35.5. The number of amides is 1. The highest BCUT2D eigenvalue weighted by Gasteiger charge is 2.14. The lowest BCUT2D eigenvalue weighted by atomic mass is 10.2. The van der Waals surface area contributed by atoms with E-state index in [1.165, 1.54) is 19.2 Å². The molecule has 0 aliphatic heterocycles. The first-order valence-electron chi connectivity index (χ1n) is 5.35. The Morgan fingerprint density at radius 3 is 2.47 bits per heavy atom. The summed E-state index contributed by atoms with van der Waals surface area (Å²) in [5, 5.41) is 7.25. The molecule has 1 heterocycles. The Morgan fingerprint density at radius 2 is 2.00 bits per heavy atom. The van der Waals surface area contributed by atoms with Gasteiger partial charge >= 0.3 is 0 Å². The highest BCUT2D eigenvalue weighted by molar-refractivity contribution is 6.37. The van der Waals surface area contributed by atoms with Crippen molar-refractivity contribution >= 4 is 34.9 Å². The number of hydrogen-bond donors (Lipinski definition) is 1. The van der Waals surface area contributed by atoms with Crippen LogP contribution < -0.4 is 10.1 Å². The number of carbonyl (C=O) groups excluding carboxylic acids is 1. The number of nitrogens with zero attached hydrogens (tertiary/aromatic N) is 2. The zero-order valence-electron chi connectivity index (χ0n) is 10.3. The van der Waals surface area contributed by atoms with Crippen LogP contribution in [0.1, 0.15) is 10.4 Å². The van der Waals surface area contributed by atoms with Gasteiger partial charge < -0.3 is 10.1 Å². The lowest BCUT2D eigenvalue weighted by molar-refractivity contribution is 0.102. The van der Waals surface area contributed by atoms with Gasteiger partial charge in [-0.2, -0.15) is 5.10 Å². The van der Waals surface area contributed by atoms with Crippen LogP contribution in [0.25, 0.3) is 0 Å². The number of benzene rings is 1. The first-order valence-corrected chi connectivity index (χ1v) is 6.11. The Balaban J connectivity index is 2.24. The second-order valence-corrected chi connectivity index (χ2v) is 4.62. The van der Waals surface area contributed by atoms with Crippen LogP contribution in [0.3, 0.4) is 0 Å². The van der Waals surface area contributed by atoms with E-state index in [9.17, 15) is 4.79 Å². The number of ether oxygens (including phenoxy) is 1. The van der Waals surface area contributed by atoms with Crippen LogP contribution in [0.15, 0.2) is 24.4 Å².